The van der Waals surface area contributed by atoms with Crippen LogP contribution in [0.5, 0.6) is 0 Å². The number of aryl methyl sites for hydroxylation is 1. The first-order chi connectivity index (χ1) is 10.4. The molecular weight excluding hydrogens is 324 g/mol. The van der Waals surface area contributed by atoms with E-state index >= 15 is 0 Å². The van der Waals surface area contributed by atoms with Gasteiger partial charge in [0.05, 0.1) is 27.6 Å². The summed E-state index contributed by atoms with van der Waals surface area (Å²) in [5.74, 6) is 0. The lowest BCUT2D eigenvalue weighted by Gasteiger charge is -2.26. The smallest absolute Gasteiger partial charge is 0.274 e. The Morgan fingerprint density at radius 3 is 2.45 bits per heavy atom. The van der Waals surface area contributed by atoms with Gasteiger partial charge in [0.15, 0.2) is 0 Å². The number of benzene rings is 2. The van der Waals surface area contributed by atoms with Crippen LogP contribution in [0.3, 0.4) is 0 Å². The van der Waals surface area contributed by atoms with Crippen molar-refractivity contribution >= 4 is 40.1 Å². The zero-order valence-electron chi connectivity index (χ0n) is 11.9. The molecule has 0 heterocycles. The van der Waals surface area contributed by atoms with Crippen LogP contribution in [0.4, 0.5) is 17.1 Å². The fraction of sp³-hybridized carbons (Fsp3) is 0.143. The van der Waals surface area contributed by atoms with Crippen molar-refractivity contribution in [2.45, 2.75) is 11.8 Å². The lowest BCUT2D eigenvalue weighted by molar-refractivity contribution is -0.385. The van der Waals surface area contributed by atoms with E-state index < -0.39 is 16.2 Å². The van der Waals surface area contributed by atoms with E-state index in [1.807, 2.05) is 12.3 Å². The van der Waals surface area contributed by atoms with E-state index in [1.54, 1.807) is 31.2 Å². The van der Waals surface area contributed by atoms with Crippen LogP contribution in [-0.2, 0) is 11.3 Å². The summed E-state index contributed by atoms with van der Waals surface area (Å²) in [4.78, 5) is 11.4. The van der Waals surface area contributed by atoms with Crippen LogP contribution in [-0.4, -0.2) is 19.9 Å². The maximum absolute atomic E-state index is 11.6. The molecule has 0 aliphatic rings. The van der Waals surface area contributed by atoms with E-state index in [2.05, 4.69) is 0 Å². The van der Waals surface area contributed by atoms with Crippen molar-refractivity contribution in [3.8, 4) is 0 Å². The molecule has 0 aliphatic carbocycles. The highest BCUT2D eigenvalue weighted by Crippen LogP contribution is 2.32. The molecule has 2 rings (SSSR count). The van der Waals surface area contributed by atoms with Crippen LogP contribution in [0.1, 0.15) is 5.56 Å². The Bertz CT molecular complexity index is 737. The lowest BCUT2D eigenvalue weighted by atomic mass is 10.2. The molecule has 0 spiro atoms. The van der Waals surface area contributed by atoms with Gasteiger partial charge in [-0.1, -0.05) is 12.1 Å². The van der Waals surface area contributed by atoms with E-state index in [9.17, 15) is 18.9 Å². The lowest BCUT2D eigenvalue weighted by Crippen LogP contribution is -2.19. The summed E-state index contributed by atoms with van der Waals surface area (Å²) in [6.45, 7) is 1.61. The summed E-state index contributed by atoms with van der Waals surface area (Å²) in [5, 5.41) is 11.0. The second kappa shape index (κ2) is 6.91. The summed E-state index contributed by atoms with van der Waals surface area (Å²) in [7, 11) is 0. The Labute approximate surface area is 134 Å². The standard InChI is InChI=1S/C14H14N2O4S2/c1-10-6-7-12(9-14(10)16(17)18)15(22(19)20)11-4-3-5-13(8-11)21-2/h3-9H,1-2H3,(H,19,20)/p-1. The van der Waals surface area contributed by atoms with Crippen molar-refractivity contribution in [2.75, 3.05) is 10.6 Å². The molecule has 8 heteroatoms. The number of rotatable bonds is 5. The maximum atomic E-state index is 11.6. The van der Waals surface area contributed by atoms with Gasteiger partial charge >= 0.3 is 0 Å². The number of nitro groups is 1. The van der Waals surface area contributed by atoms with Gasteiger partial charge < -0.3 is 4.55 Å². The predicted molar refractivity (Wildman–Crippen MR) is 87.1 cm³/mol. The topological polar surface area (TPSA) is 86.5 Å². The summed E-state index contributed by atoms with van der Waals surface area (Å²) < 4.78 is 24.3. The molecule has 2 aromatic rings. The van der Waals surface area contributed by atoms with Crippen molar-refractivity contribution in [3.05, 3.63) is 58.1 Å². The summed E-state index contributed by atoms with van der Waals surface area (Å²) in [6.07, 6.45) is 1.88. The van der Waals surface area contributed by atoms with Gasteiger partial charge in [0.2, 0.25) is 0 Å². The fourth-order valence-corrected chi connectivity index (χ4v) is 3.00. The molecule has 6 nitrogen and oxygen atoms in total. The Kier molecular flexibility index (Phi) is 5.17. The molecule has 22 heavy (non-hydrogen) atoms. The van der Waals surface area contributed by atoms with E-state index in [4.69, 9.17) is 0 Å². The zero-order valence-corrected chi connectivity index (χ0v) is 13.5. The first-order valence-corrected chi connectivity index (χ1v) is 8.48. The molecule has 1 atom stereocenters. The normalized spacial score (nSPS) is 12.0. The van der Waals surface area contributed by atoms with Gasteiger partial charge in [-0.2, -0.15) is 0 Å². The van der Waals surface area contributed by atoms with Crippen LogP contribution in [0, 0.1) is 17.0 Å². The molecule has 0 bridgehead atoms. The molecular formula is C14H13N2O4S2-. The third-order valence-corrected chi connectivity index (χ3v) is 4.51. The number of thioether (sulfide) groups is 1. The molecule has 0 N–H and O–H groups in total. The minimum Gasteiger partial charge on any atom is -0.755 e. The van der Waals surface area contributed by atoms with Gasteiger partial charge in [0, 0.05) is 16.5 Å². The molecule has 0 radical (unpaired) electrons. The average Bonchev–Trinajstić information content (AvgIpc) is 2.48. The highest BCUT2D eigenvalue weighted by atomic mass is 32.2. The molecule has 0 aliphatic heterocycles. The highest BCUT2D eigenvalue weighted by molar-refractivity contribution is 7.98. The van der Waals surface area contributed by atoms with Crippen LogP contribution >= 0.6 is 11.8 Å². The predicted octanol–water partition coefficient (Wildman–Crippen LogP) is 3.56. The zero-order chi connectivity index (χ0) is 16.3. The van der Waals surface area contributed by atoms with Gasteiger partial charge in [0.25, 0.3) is 5.69 Å². The number of anilines is 2. The van der Waals surface area contributed by atoms with Gasteiger partial charge in [-0.05, 0) is 37.4 Å². The van der Waals surface area contributed by atoms with Crippen LogP contribution in [0.2, 0.25) is 0 Å². The summed E-state index contributed by atoms with van der Waals surface area (Å²) >= 11 is -1.11. The second-order valence-corrected chi connectivity index (χ2v) is 6.12. The van der Waals surface area contributed by atoms with Crippen molar-refractivity contribution < 1.29 is 13.7 Å². The second-order valence-electron chi connectivity index (χ2n) is 4.44. The van der Waals surface area contributed by atoms with E-state index in [-0.39, 0.29) is 11.4 Å². The van der Waals surface area contributed by atoms with Gasteiger partial charge in [-0.3, -0.25) is 18.6 Å². The van der Waals surface area contributed by atoms with Crippen molar-refractivity contribution in [1.29, 1.82) is 0 Å². The first-order valence-electron chi connectivity index (χ1n) is 6.22. The Balaban J connectivity index is 2.55. The van der Waals surface area contributed by atoms with Crippen molar-refractivity contribution in [3.63, 3.8) is 0 Å². The van der Waals surface area contributed by atoms with Gasteiger partial charge in [-0.25, -0.2) is 0 Å². The van der Waals surface area contributed by atoms with Crippen molar-refractivity contribution in [1.82, 2.24) is 0 Å². The van der Waals surface area contributed by atoms with E-state index in [0.29, 0.717) is 11.3 Å². The third-order valence-electron chi connectivity index (χ3n) is 3.06. The molecule has 116 valence electrons. The quantitative estimate of drug-likeness (QED) is 0.360. The molecule has 2 aromatic carbocycles. The van der Waals surface area contributed by atoms with Gasteiger partial charge in [0.1, 0.15) is 0 Å². The maximum Gasteiger partial charge on any atom is 0.274 e. The van der Waals surface area contributed by atoms with Crippen LogP contribution < -0.4 is 4.31 Å². The van der Waals surface area contributed by atoms with E-state index in [0.717, 1.165) is 9.20 Å². The SMILES string of the molecule is CSc1cccc(N(c2ccc(C)c([N+](=O)[O-])c2)S(=O)[O-])c1. The highest BCUT2D eigenvalue weighted by Gasteiger charge is 2.17. The molecule has 0 fully saturated rings. The summed E-state index contributed by atoms with van der Waals surface area (Å²) in [6, 6.07) is 11.3. The number of hydrogen-bond acceptors (Lipinski definition) is 5. The minimum absolute atomic E-state index is 0.117. The average molecular weight is 337 g/mol. The van der Waals surface area contributed by atoms with Crippen LogP contribution in [0.15, 0.2) is 47.4 Å². The molecule has 1 unspecified atom stereocenters. The monoisotopic (exact) mass is 337 g/mol. The van der Waals surface area contributed by atoms with Crippen LogP contribution in [0.25, 0.3) is 0 Å². The summed E-state index contributed by atoms with van der Waals surface area (Å²) in [5.41, 5.74) is 1.01. The molecule has 0 saturated carbocycles. The first kappa shape index (κ1) is 16.5. The molecule has 0 amide bonds. The fourth-order valence-electron chi connectivity index (χ4n) is 1.98. The number of nitrogens with zero attached hydrogens (tertiary/aromatic N) is 2. The van der Waals surface area contributed by atoms with Crippen molar-refractivity contribution in [2.24, 2.45) is 0 Å². The Hall–Kier alpha value is -1.90. The molecule has 0 aromatic heterocycles. The number of hydrogen-bond donors (Lipinski definition) is 0. The van der Waals surface area contributed by atoms with Gasteiger partial charge in [-0.15, -0.1) is 11.8 Å². The number of nitro benzene ring substituents is 1. The molecule has 0 saturated heterocycles. The largest absolute Gasteiger partial charge is 0.755 e. The third kappa shape index (κ3) is 3.46. The minimum atomic E-state index is -2.59. The Morgan fingerprint density at radius 2 is 1.86 bits per heavy atom. The Morgan fingerprint density at radius 1 is 1.18 bits per heavy atom. The van der Waals surface area contributed by atoms with E-state index in [1.165, 1.54) is 23.9 Å².